The Hall–Kier alpha value is -1.65. The molecule has 2 aromatic heterocycles. The van der Waals surface area contributed by atoms with Gasteiger partial charge in [0.05, 0.1) is 26.4 Å². The SMILES string of the molecule is CC(C)Oc1nc2ccccc2nc1-c1ccc(Cl)s1. The highest BCUT2D eigenvalue weighted by Crippen LogP contribution is 2.35. The summed E-state index contributed by atoms with van der Waals surface area (Å²) in [6, 6.07) is 11.6. The molecule has 0 saturated carbocycles. The minimum atomic E-state index is 0.0413. The van der Waals surface area contributed by atoms with Crippen LogP contribution in [-0.4, -0.2) is 16.1 Å². The number of benzene rings is 1. The first-order valence-electron chi connectivity index (χ1n) is 6.32. The van der Waals surface area contributed by atoms with Gasteiger partial charge in [-0.25, -0.2) is 9.97 Å². The van der Waals surface area contributed by atoms with E-state index in [1.165, 1.54) is 11.3 Å². The van der Waals surface area contributed by atoms with Gasteiger partial charge in [0.2, 0.25) is 5.88 Å². The molecule has 0 saturated heterocycles. The zero-order chi connectivity index (χ0) is 14.1. The van der Waals surface area contributed by atoms with Crippen LogP contribution in [0.2, 0.25) is 4.34 Å². The fraction of sp³-hybridized carbons (Fsp3) is 0.200. The Labute approximate surface area is 126 Å². The average molecular weight is 305 g/mol. The maximum atomic E-state index is 6.02. The Morgan fingerprint density at radius 2 is 1.75 bits per heavy atom. The third-order valence-electron chi connectivity index (χ3n) is 2.69. The smallest absolute Gasteiger partial charge is 0.242 e. The maximum absolute atomic E-state index is 6.02. The maximum Gasteiger partial charge on any atom is 0.242 e. The summed E-state index contributed by atoms with van der Waals surface area (Å²) in [6.45, 7) is 3.95. The number of thiophene rings is 1. The minimum absolute atomic E-state index is 0.0413. The number of hydrogen-bond donors (Lipinski definition) is 0. The minimum Gasteiger partial charge on any atom is -0.473 e. The van der Waals surface area contributed by atoms with Gasteiger partial charge in [-0.2, -0.15) is 0 Å². The molecule has 0 bridgehead atoms. The second kappa shape index (κ2) is 5.38. The fourth-order valence-corrected chi connectivity index (χ4v) is 2.92. The van der Waals surface area contributed by atoms with Gasteiger partial charge >= 0.3 is 0 Å². The van der Waals surface area contributed by atoms with E-state index in [4.69, 9.17) is 16.3 Å². The molecule has 0 fully saturated rings. The zero-order valence-electron chi connectivity index (χ0n) is 11.1. The monoisotopic (exact) mass is 304 g/mol. The van der Waals surface area contributed by atoms with Crippen LogP contribution in [0.4, 0.5) is 0 Å². The molecular weight excluding hydrogens is 292 g/mol. The molecule has 0 aliphatic rings. The molecule has 0 radical (unpaired) electrons. The lowest BCUT2D eigenvalue weighted by molar-refractivity contribution is 0.234. The van der Waals surface area contributed by atoms with Crippen molar-refractivity contribution in [3.8, 4) is 16.5 Å². The van der Waals surface area contributed by atoms with Crippen LogP contribution in [0, 0.1) is 0 Å². The first kappa shape index (κ1) is 13.3. The van der Waals surface area contributed by atoms with Crippen molar-refractivity contribution in [1.82, 2.24) is 9.97 Å². The predicted molar refractivity (Wildman–Crippen MR) is 83.6 cm³/mol. The van der Waals surface area contributed by atoms with Crippen LogP contribution in [0.1, 0.15) is 13.8 Å². The van der Waals surface area contributed by atoms with Crippen LogP contribution in [0.5, 0.6) is 5.88 Å². The standard InChI is InChI=1S/C15H13ClN2OS/c1-9(2)19-15-14(12-7-8-13(16)20-12)17-10-5-3-4-6-11(10)18-15/h3-9H,1-2H3. The summed E-state index contributed by atoms with van der Waals surface area (Å²) in [6.07, 6.45) is 0.0413. The van der Waals surface area contributed by atoms with Gasteiger partial charge in [-0.3, -0.25) is 0 Å². The van der Waals surface area contributed by atoms with Crippen molar-refractivity contribution in [2.75, 3.05) is 0 Å². The second-order valence-corrected chi connectivity index (χ2v) is 6.35. The summed E-state index contributed by atoms with van der Waals surface area (Å²) < 4.78 is 6.53. The van der Waals surface area contributed by atoms with Crippen molar-refractivity contribution in [2.24, 2.45) is 0 Å². The largest absolute Gasteiger partial charge is 0.473 e. The number of nitrogens with zero attached hydrogens (tertiary/aromatic N) is 2. The lowest BCUT2D eigenvalue weighted by Crippen LogP contribution is -2.08. The molecule has 0 aliphatic carbocycles. The Kier molecular flexibility index (Phi) is 3.59. The molecule has 0 atom stereocenters. The third-order valence-corrected chi connectivity index (χ3v) is 3.93. The quantitative estimate of drug-likeness (QED) is 0.697. The van der Waals surface area contributed by atoms with Gasteiger partial charge in [-0.15, -0.1) is 11.3 Å². The number of fused-ring (bicyclic) bond motifs is 1. The fourth-order valence-electron chi connectivity index (χ4n) is 1.89. The number of hydrogen-bond acceptors (Lipinski definition) is 4. The molecule has 0 N–H and O–H groups in total. The van der Waals surface area contributed by atoms with Gasteiger partial charge < -0.3 is 4.74 Å². The Bertz CT molecular complexity index is 754. The van der Waals surface area contributed by atoms with E-state index in [9.17, 15) is 0 Å². The summed E-state index contributed by atoms with van der Waals surface area (Å²) in [7, 11) is 0. The van der Waals surface area contributed by atoms with Gasteiger partial charge in [0, 0.05) is 0 Å². The molecule has 3 nitrogen and oxygen atoms in total. The van der Waals surface area contributed by atoms with E-state index in [1.807, 2.05) is 50.2 Å². The van der Waals surface area contributed by atoms with Crippen LogP contribution in [0.3, 0.4) is 0 Å². The summed E-state index contributed by atoms with van der Waals surface area (Å²) >= 11 is 7.49. The molecule has 0 spiro atoms. The van der Waals surface area contributed by atoms with Crippen LogP contribution >= 0.6 is 22.9 Å². The molecule has 3 rings (SSSR count). The van der Waals surface area contributed by atoms with Crippen molar-refractivity contribution in [1.29, 1.82) is 0 Å². The van der Waals surface area contributed by atoms with Gasteiger partial charge in [0.1, 0.15) is 5.69 Å². The summed E-state index contributed by atoms with van der Waals surface area (Å²) in [5.41, 5.74) is 2.42. The first-order valence-corrected chi connectivity index (χ1v) is 7.52. The van der Waals surface area contributed by atoms with E-state index >= 15 is 0 Å². The van der Waals surface area contributed by atoms with Gasteiger partial charge in [-0.1, -0.05) is 23.7 Å². The van der Waals surface area contributed by atoms with Crippen molar-refractivity contribution < 1.29 is 4.74 Å². The highest BCUT2D eigenvalue weighted by molar-refractivity contribution is 7.19. The highest BCUT2D eigenvalue weighted by atomic mass is 35.5. The van der Waals surface area contributed by atoms with Crippen molar-refractivity contribution >= 4 is 34.0 Å². The predicted octanol–water partition coefficient (Wildman–Crippen LogP) is 4.80. The number of para-hydroxylation sites is 2. The van der Waals surface area contributed by atoms with E-state index < -0.39 is 0 Å². The molecule has 0 aliphatic heterocycles. The molecule has 20 heavy (non-hydrogen) atoms. The van der Waals surface area contributed by atoms with Gasteiger partial charge in [-0.05, 0) is 38.1 Å². The van der Waals surface area contributed by atoms with Crippen LogP contribution < -0.4 is 4.74 Å². The molecule has 3 aromatic rings. The van der Waals surface area contributed by atoms with Gasteiger partial charge in [0.15, 0.2) is 0 Å². The number of aromatic nitrogens is 2. The van der Waals surface area contributed by atoms with Crippen molar-refractivity contribution in [3.63, 3.8) is 0 Å². The van der Waals surface area contributed by atoms with E-state index in [0.717, 1.165) is 25.9 Å². The number of ether oxygens (including phenoxy) is 1. The van der Waals surface area contributed by atoms with Crippen LogP contribution in [0.15, 0.2) is 36.4 Å². The lowest BCUT2D eigenvalue weighted by atomic mass is 10.2. The van der Waals surface area contributed by atoms with Gasteiger partial charge in [0.25, 0.3) is 0 Å². The third kappa shape index (κ3) is 2.62. The highest BCUT2D eigenvalue weighted by Gasteiger charge is 2.15. The molecular formula is C15H13ClN2OS. The van der Waals surface area contributed by atoms with E-state index in [2.05, 4.69) is 9.97 Å². The molecule has 2 heterocycles. The molecule has 102 valence electrons. The zero-order valence-corrected chi connectivity index (χ0v) is 12.7. The number of halogens is 1. The normalized spacial score (nSPS) is 11.2. The summed E-state index contributed by atoms with van der Waals surface area (Å²) in [5.74, 6) is 0.553. The molecule has 0 amide bonds. The lowest BCUT2D eigenvalue weighted by Gasteiger charge is -2.12. The topological polar surface area (TPSA) is 35.0 Å². The summed E-state index contributed by atoms with van der Waals surface area (Å²) in [5, 5.41) is 0. The number of rotatable bonds is 3. The molecule has 0 unspecified atom stereocenters. The Balaban J connectivity index is 2.21. The Morgan fingerprint density at radius 1 is 1.05 bits per heavy atom. The second-order valence-electron chi connectivity index (χ2n) is 4.64. The first-order chi connectivity index (χ1) is 9.63. The van der Waals surface area contributed by atoms with E-state index in [0.29, 0.717) is 5.88 Å². The van der Waals surface area contributed by atoms with Crippen LogP contribution in [-0.2, 0) is 0 Å². The Morgan fingerprint density at radius 3 is 2.35 bits per heavy atom. The molecule has 1 aromatic carbocycles. The summed E-state index contributed by atoms with van der Waals surface area (Å²) in [4.78, 5) is 10.2. The van der Waals surface area contributed by atoms with Crippen LogP contribution in [0.25, 0.3) is 21.6 Å². The average Bonchev–Trinajstić information content (AvgIpc) is 2.84. The van der Waals surface area contributed by atoms with E-state index in [-0.39, 0.29) is 6.10 Å². The van der Waals surface area contributed by atoms with Crippen molar-refractivity contribution in [2.45, 2.75) is 20.0 Å². The van der Waals surface area contributed by atoms with E-state index in [1.54, 1.807) is 0 Å². The molecule has 5 heteroatoms. The van der Waals surface area contributed by atoms with Crippen molar-refractivity contribution in [3.05, 3.63) is 40.7 Å².